The molecule has 1 aromatic carbocycles. The number of carbonyl (C=O) groups excluding carboxylic acids is 1. The molecule has 1 amide bonds. The van der Waals surface area contributed by atoms with E-state index in [2.05, 4.69) is 5.32 Å². The first kappa shape index (κ1) is 11.4. The van der Waals surface area contributed by atoms with E-state index in [1.807, 2.05) is 17.5 Å². The van der Waals surface area contributed by atoms with Crippen LogP contribution in [0.4, 0.5) is 4.39 Å². The molecule has 0 radical (unpaired) electrons. The molecule has 1 saturated carbocycles. The number of benzene rings is 1. The monoisotopic (exact) mass is 261 g/mol. The summed E-state index contributed by atoms with van der Waals surface area (Å²) < 4.78 is 13.2. The van der Waals surface area contributed by atoms with E-state index in [4.69, 9.17) is 0 Å². The van der Waals surface area contributed by atoms with E-state index in [1.54, 1.807) is 12.1 Å². The third-order valence-electron chi connectivity index (χ3n) is 3.22. The average molecular weight is 261 g/mol. The minimum Gasteiger partial charge on any atom is -0.342 e. The van der Waals surface area contributed by atoms with Crippen LogP contribution in [-0.2, 0) is 5.54 Å². The number of thiophene rings is 1. The van der Waals surface area contributed by atoms with E-state index < -0.39 is 0 Å². The SMILES string of the molecule is O=C(NC1(c2cccc(F)c2)CC1)c1cccs1. The molecule has 0 atom stereocenters. The zero-order chi connectivity index (χ0) is 12.6. The molecule has 0 saturated heterocycles. The largest absolute Gasteiger partial charge is 0.342 e. The second-order valence-corrected chi connectivity index (χ2v) is 5.47. The van der Waals surface area contributed by atoms with Crippen molar-refractivity contribution in [3.8, 4) is 0 Å². The predicted molar refractivity (Wildman–Crippen MR) is 69.1 cm³/mol. The number of hydrogen-bond acceptors (Lipinski definition) is 2. The predicted octanol–water partition coefficient (Wildman–Crippen LogP) is 3.31. The number of rotatable bonds is 3. The van der Waals surface area contributed by atoms with Crippen LogP contribution in [-0.4, -0.2) is 5.91 Å². The van der Waals surface area contributed by atoms with Gasteiger partial charge in [0.25, 0.3) is 5.91 Å². The Morgan fingerprint density at radius 2 is 2.11 bits per heavy atom. The molecule has 18 heavy (non-hydrogen) atoms. The van der Waals surface area contributed by atoms with Gasteiger partial charge in [-0.2, -0.15) is 0 Å². The molecule has 0 spiro atoms. The summed E-state index contributed by atoms with van der Waals surface area (Å²) in [5.41, 5.74) is 0.496. The number of amides is 1. The zero-order valence-corrected chi connectivity index (χ0v) is 10.5. The summed E-state index contributed by atoms with van der Waals surface area (Å²) in [6.07, 6.45) is 1.74. The maximum Gasteiger partial charge on any atom is 0.262 e. The highest BCUT2D eigenvalue weighted by molar-refractivity contribution is 7.12. The zero-order valence-electron chi connectivity index (χ0n) is 9.65. The quantitative estimate of drug-likeness (QED) is 0.902. The summed E-state index contributed by atoms with van der Waals surface area (Å²) in [7, 11) is 0. The van der Waals surface area contributed by atoms with Crippen LogP contribution in [0.3, 0.4) is 0 Å². The van der Waals surface area contributed by atoms with E-state index in [0.29, 0.717) is 4.88 Å². The summed E-state index contributed by atoms with van der Waals surface area (Å²) in [5, 5.41) is 4.89. The van der Waals surface area contributed by atoms with Crippen molar-refractivity contribution < 1.29 is 9.18 Å². The summed E-state index contributed by atoms with van der Waals surface area (Å²) in [6, 6.07) is 10.1. The van der Waals surface area contributed by atoms with Crippen molar-refractivity contribution in [1.29, 1.82) is 0 Å². The van der Waals surface area contributed by atoms with E-state index in [0.717, 1.165) is 18.4 Å². The van der Waals surface area contributed by atoms with Gasteiger partial charge >= 0.3 is 0 Å². The Labute approximate surface area is 108 Å². The Hall–Kier alpha value is -1.68. The van der Waals surface area contributed by atoms with Crippen LogP contribution in [0.1, 0.15) is 28.1 Å². The highest BCUT2D eigenvalue weighted by atomic mass is 32.1. The fraction of sp³-hybridized carbons (Fsp3) is 0.214. The lowest BCUT2D eigenvalue weighted by atomic mass is 10.0. The molecular formula is C14H12FNOS. The second kappa shape index (κ2) is 4.21. The van der Waals surface area contributed by atoms with Crippen molar-refractivity contribution in [3.05, 3.63) is 58.0 Å². The van der Waals surface area contributed by atoms with Gasteiger partial charge < -0.3 is 5.32 Å². The highest BCUT2D eigenvalue weighted by Crippen LogP contribution is 2.45. The van der Waals surface area contributed by atoms with Crippen molar-refractivity contribution >= 4 is 17.2 Å². The molecule has 92 valence electrons. The third kappa shape index (κ3) is 2.04. The molecule has 1 aromatic heterocycles. The Bertz CT molecular complexity index is 575. The Morgan fingerprint density at radius 3 is 2.72 bits per heavy atom. The molecule has 4 heteroatoms. The van der Waals surface area contributed by atoms with E-state index in [9.17, 15) is 9.18 Å². The molecular weight excluding hydrogens is 249 g/mol. The highest BCUT2D eigenvalue weighted by Gasteiger charge is 2.45. The smallest absolute Gasteiger partial charge is 0.262 e. The maximum absolute atomic E-state index is 13.2. The van der Waals surface area contributed by atoms with Gasteiger partial charge in [0.1, 0.15) is 5.82 Å². The van der Waals surface area contributed by atoms with E-state index in [-0.39, 0.29) is 17.3 Å². The Balaban J connectivity index is 1.82. The molecule has 2 nitrogen and oxygen atoms in total. The lowest BCUT2D eigenvalue weighted by Crippen LogP contribution is -2.34. The lowest BCUT2D eigenvalue weighted by Gasteiger charge is -2.17. The van der Waals surface area contributed by atoms with Crippen molar-refractivity contribution in [2.24, 2.45) is 0 Å². The number of hydrogen-bond donors (Lipinski definition) is 1. The summed E-state index contributed by atoms with van der Waals surface area (Å²) in [4.78, 5) is 12.7. The fourth-order valence-electron chi connectivity index (χ4n) is 2.08. The van der Waals surface area contributed by atoms with Gasteiger partial charge in [0.2, 0.25) is 0 Å². The van der Waals surface area contributed by atoms with Crippen LogP contribution in [0.25, 0.3) is 0 Å². The molecule has 3 rings (SSSR count). The van der Waals surface area contributed by atoms with Crippen LogP contribution >= 0.6 is 11.3 Å². The molecule has 0 unspecified atom stereocenters. The van der Waals surface area contributed by atoms with Gasteiger partial charge in [-0.05, 0) is 42.0 Å². The van der Waals surface area contributed by atoms with Crippen LogP contribution in [0.5, 0.6) is 0 Å². The van der Waals surface area contributed by atoms with Gasteiger partial charge in [0.15, 0.2) is 0 Å². The first-order valence-electron chi connectivity index (χ1n) is 5.82. The van der Waals surface area contributed by atoms with Gasteiger partial charge in [0, 0.05) is 0 Å². The van der Waals surface area contributed by atoms with Gasteiger partial charge in [-0.15, -0.1) is 11.3 Å². The second-order valence-electron chi connectivity index (χ2n) is 4.52. The fourth-order valence-corrected chi connectivity index (χ4v) is 2.70. The van der Waals surface area contributed by atoms with Crippen molar-refractivity contribution in [2.75, 3.05) is 0 Å². The van der Waals surface area contributed by atoms with Crippen molar-refractivity contribution in [1.82, 2.24) is 5.32 Å². The number of carbonyl (C=O) groups is 1. The van der Waals surface area contributed by atoms with Crippen LogP contribution in [0.15, 0.2) is 41.8 Å². The van der Waals surface area contributed by atoms with Crippen LogP contribution in [0.2, 0.25) is 0 Å². The van der Waals surface area contributed by atoms with Crippen molar-refractivity contribution in [3.63, 3.8) is 0 Å². The van der Waals surface area contributed by atoms with Crippen LogP contribution < -0.4 is 5.32 Å². The molecule has 1 fully saturated rings. The standard InChI is InChI=1S/C14H12FNOS/c15-11-4-1-3-10(9-11)14(6-7-14)16-13(17)12-5-2-8-18-12/h1-5,8-9H,6-7H2,(H,16,17). The molecule has 2 aromatic rings. The molecule has 0 bridgehead atoms. The Morgan fingerprint density at radius 1 is 1.28 bits per heavy atom. The topological polar surface area (TPSA) is 29.1 Å². The summed E-state index contributed by atoms with van der Waals surface area (Å²) in [5.74, 6) is -0.337. The molecule has 1 heterocycles. The van der Waals surface area contributed by atoms with Gasteiger partial charge in [0.05, 0.1) is 10.4 Å². The van der Waals surface area contributed by atoms with Gasteiger partial charge in [-0.3, -0.25) is 4.79 Å². The van der Waals surface area contributed by atoms with E-state index >= 15 is 0 Å². The molecule has 1 aliphatic carbocycles. The minimum absolute atomic E-state index is 0.0771. The molecule has 1 N–H and O–H groups in total. The van der Waals surface area contributed by atoms with Gasteiger partial charge in [-0.1, -0.05) is 18.2 Å². The number of nitrogens with one attached hydrogen (secondary N) is 1. The van der Waals surface area contributed by atoms with E-state index in [1.165, 1.54) is 23.5 Å². The maximum atomic E-state index is 13.2. The Kier molecular flexibility index (Phi) is 2.67. The molecule has 0 aliphatic heterocycles. The summed E-state index contributed by atoms with van der Waals surface area (Å²) in [6.45, 7) is 0. The van der Waals surface area contributed by atoms with Crippen molar-refractivity contribution in [2.45, 2.75) is 18.4 Å². The third-order valence-corrected chi connectivity index (χ3v) is 4.09. The average Bonchev–Trinajstić information content (AvgIpc) is 2.93. The normalized spacial score (nSPS) is 16.3. The molecule has 1 aliphatic rings. The lowest BCUT2D eigenvalue weighted by molar-refractivity contribution is 0.0935. The minimum atomic E-state index is -0.358. The first-order chi connectivity index (χ1) is 8.70. The van der Waals surface area contributed by atoms with Crippen LogP contribution in [0, 0.1) is 5.82 Å². The van der Waals surface area contributed by atoms with Gasteiger partial charge in [-0.25, -0.2) is 4.39 Å². The summed E-state index contributed by atoms with van der Waals surface area (Å²) >= 11 is 1.41. The number of halogens is 1. The first-order valence-corrected chi connectivity index (χ1v) is 6.70.